The van der Waals surface area contributed by atoms with E-state index in [1.165, 1.54) is 5.56 Å². The zero-order chi connectivity index (χ0) is 57.8. The van der Waals surface area contributed by atoms with Crippen LogP contribution in [0.3, 0.4) is 0 Å². The van der Waals surface area contributed by atoms with Crippen molar-refractivity contribution in [3.63, 3.8) is 0 Å². The molecular formula is C65H55N5O2. The molecule has 1 aliphatic carbocycles. The van der Waals surface area contributed by atoms with Crippen LogP contribution in [0, 0.1) is 6.33 Å². The molecule has 0 fully saturated rings. The SMILES string of the molecule is [2H]c1c([2H])c([2H])c(-c2cccc(-c3c([2H])c([2H])c([2H])c([2H])c3[2H])c2-[n+]2[c-]n(-c3cc(Oc4ccc5c6ccccc6n(-c6cc(C(C)(C)C)ccn6)c5c4)cc4c3oc3c5c(ccc34)C(C)(C)CCC5(C)C)c3ncccc32)c([2H])c1[2H]. The smallest absolute Gasteiger partial charge is 0.271 e. The van der Waals surface area contributed by atoms with Gasteiger partial charge in [0.15, 0.2) is 5.65 Å². The van der Waals surface area contributed by atoms with Gasteiger partial charge in [0.1, 0.15) is 39.7 Å². The molecule has 352 valence electrons. The van der Waals surface area contributed by atoms with Crippen LogP contribution < -0.4 is 9.30 Å². The van der Waals surface area contributed by atoms with Crippen molar-refractivity contribution >= 4 is 54.9 Å². The highest BCUT2D eigenvalue weighted by molar-refractivity contribution is 6.11. The maximum Gasteiger partial charge on any atom is 0.271 e. The molecule has 0 saturated heterocycles. The molecule has 72 heavy (non-hydrogen) atoms. The summed E-state index contributed by atoms with van der Waals surface area (Å²) in [4.78, 5) is 9.87. The first kappa shape index (κ1) is 34.1. The standard InChI is InChI=1S/C65H55N5O2/c1-63(2,3)43-31-35-66-57(36-43)70-53-25-15-14-22-48(53)49-28-27-44(38-55(49)70)71-45-37-51-50-29-30-52-58(65(6,7)33-32-64(52,4)5)61(50)72-60(51)56(39-45)69-40-68(54-26-17-34-67-62(54)69)59-46(41-18-10-8-11-19-41)23-16-24-47(59)42-20-12-9-13-21-42/h8-31,34-39H,32-33H2,1-7H3/i8D,9D,10D,11D,12D,13D,18D,19D,20D,21D. The number of aromatic nitrogens is 5. The van der Waals surface area contributed by atoms with Crippen LogP contribution in [0.2, 0.25) is 0 Å². The van der Waals surface area contributed by atoms with Gasteiger partial charge >= 0.3 is 0 Å². The van der Waals surface area contributed by atoms with E-state index in [0.29, 0.717) is 33.9 Å². The fraction of sp³-hybridized carbons (Fsp3) is 0.185. The molecule has 0 saturated carbocycles. The van der Waals surface area contributed by atoms with E-state index < -0.39 is 60.4 Å². The number of benzene rings is 7. The van der Waals surface area contributed by atoms with E-state index in [2.05, 4.69) is 102 Å². The summed E-state index contributed by atoms with van der Waals surface area (Å²) in [6, 6.07) is 29.6. The quantitative estimate of drug-likeness (QED) is 0.118. The van der Waals surface area contributed by atoms with Crippen LogP contribution in [-0.4, -0.2) is 19.1 Å². The summed E-state index contributed by atoms with van der Waals surface area (Å²) in [5, 5.41) is 3.71. The maximum absolute atomic E-state index is 9.23. The first-order valence-corrected chi connectivity index (χ1v) is 24.3. The molecule has 0 unspecified atom stereocenters. The molecule has 0 N–H and O–H groups in total. The van der Waals surface area contributed by atoms with Crippen LogP contribution in [0.5, 0.6) is 11.5 Å². The molecule has 0 amide bonds. The number of furan rings is 1. The molecule has 13 rings (SSSR count). The number of rotatable bonds is 7. The number of fused-ring (bicyclic) bond motifs is 9. The summed E-state index contributed by atoms with van der Waals surface area (Å²) in [5.41, 5.74) is 7.33. The van der Waals surface area contributed by atoms with E-state index in [0.717, 1.165) is 67.9 Å². The lowest BCUT2D eigenvalue weighted by Gasteiger charge is -2.41. The molecule has 7 heteroatoms. The fourth-order valence-corrected chi connectivity index (χ4v) is 10.9. The highest BCUT2D eigenvalue weighted by Crippen LogP contribution is 2.51. The predicted octanol–water partition coefficient (Wildman–Crippen LogP) is 16.3. The zero-order valence-corrected chi connectivity index (χ0v) is 41.0. The van der Waals surface area contributed by atoms with Gasteiger partial charge in [0, 0.05) is 45.6 Å². The van der Waals surface area contributed by atoms with Gasteiger partial charge in [-0.1, -0.05) is 157 Å². The third kappa shape index (κ3) is 6.96. The molecule has 7 aromatic carbocycles. The molecule has 0 aliphatic heterocycles. The first-order valence-electron chi connectivity index (χ1n) is 29.3. The third-order valence-corrected chi connectivity index (χ3v) is 14.7. The molecule has 1 aliphatic rings. The number of imidazole rings is 1. The van der Waals surface area contributed by atoms with Crippen molar-refractivity contribution in [1.82, 2.24) is 19.1 Å². The summed E-state index contributed by atoms with van der Waals surface area (Å²) in [7, 11) is 0. The van der Waals surface area contributed by atoms with Crippen molar-refractivity contribution in [1.29, 1.82) is 0 Å². The van der Waals surface area contributed by atoms with Crippen LogP contribution in [0.1, 0.15) is 91.7 Å². The number of nitrogens with zero attached hydrogens (tertiary/aromatic N) is 5. The maximum atomic E-state index is 9.23. The Bertz CT molecular complexity index is 4600. The van der Waals surface area contributed by atoms with Crippen molar-refractivity contribution in [2.45, 2.75) is 77.6 Å². The highest BCUT2D eigenvalue weighted by Gasteiger charge is 2.40. The second-order valence-electron chi connectivity index (χ2n) is 21.2. The molecule has 12 aromatic rings. The molecule has 0 spiro atoms. The average molecular weight is 948 g/mol. The van der Waals surface area contributed by atoms with Gasteiger partial charge in [0.05, 0.1) is 30.4 Å². The van der Waals surface area contributed by atoms with E-state index in [4.69, 9.17) is 27.3 Å². The average Bonchev–Trinajstić information content (AvgIpc) is 2.09. The molecule has 5 heterocycles. The number of para-hydroxylation sites is 2. The van der Waals surface area contributed by atoms with Gasteiger partial charge in [0.25, 0.3) is 6.33 Å². The van der Waals surface area contributed by atoms with Crippen LogP contribution in [-0.2, 0) is 16.2 Å². The molecule has 0 atom stereocenters. The van der Waals surface area contributed by atoms with E-state index in [9.17, 15) is 5.48 Å². The largest absolute Gasteiger partial charge is 0.459 e. The Morgan fingerprint density at radius 1 is 0.639 bits per heavy atom. The van der Waals surface area contributed by atoms with Gasteiger partial charge < -0.3 is 9.15 Å². The molecule has 5 aromatic heterocycles. The van der Waals surface area contributed by atoms with Gasteiger partial charge in [-0.05, 0) is 117 Å². The molecule has 0 radical (unpaired) electrons. The summed E-state index contributed by atoms with van der Waals surface area (Å²) in [6.45, 7) is 15.6. The van der Waals surface area contributed by atoms with Gasteiger partial charge in [-0.2, -0.15) is 0 Å². The normalized spacial score (nSPS) is 16.4. The Kier molecular flexibility index (Phi) is 7.64. The zero-order valence-electron chi connectivity index (χ0n) is 51.0. The Hall–Kier alpha value is -8.29. The number of hydrogen-bond acceptors (Lipinski definition) is 4. The molecular weight excluding hydrogens is 883 g/mol. The lowest BCUT2D eigenvalue weighted by molar-refractivity contribution is -0.571. The van der Waals surface area contributed by atoms with Crippen molar-refractivity contribution in [2.75, 3.05) is 0 Å². The lowest BCUT2D eigenvalue weighted by Crippen LogP contribution is -2.33. The van der Waals surface area contributed by atoms with Gasteiger partial charge in [0.2, 0.25) is 0 Å². The van der Waals surface area contributed by atoms with E-state index in [1.54, 1.807) is 45.7 Å². The minimum absolute atomic E-state index is 0.112. The topological polar surface area (TPSA) is 61.9 Å². The van der Waals surface area contributed by atoms with Crippen molar-refractivity contribution < 1.29 is 27.4 Å². The fourth-order valence-electron chi connectivity index (χ4n) is 10.9. The van der Waals surface area contributed by atoms with Crippen molar-refractivity contribution in [2.24, 2.45) is 0 Å². The van der Waals surface area contributed by atoms with Gasteiger partial charge in [-0.3, -0.25) is 18.7 Å². The lowest BCUT2D eigenvalue weighted by atomic mass is 9.63. The molecule has 0 bridgehead atoms. The summed E-state index contributed by atoms with van der Waals surface area (Å²) in [5.74, 6) is 1.78. The monoisotopic (exact) mass is 947 g/mol. The Morgan fingerprint density at radius 3 is 2.10 bits per heavy atom. The number of hydrogen-bond donors (Lipinski definition) is 0. The minimum atomic E-state index is -0.586. The third-order valence-electron chi connectivity index (χ3n) is 14.7. The van der Waals surface area contributed by atoms with Crippen LogP contribution in [0.25, 0.3) is 94.4 Å². The van der Waals surface area contributed by atoms with Gasteiger partial charge in [-0.15, -0.1) is 0 Å². The van der Waals surface area contributed by atoms with E-state index in [1.807, 2.05) is 42.6 Å². The molecule has 7 nitrogen and oxygen atoms in total. The second kappa shape index (κ2) is 16.1. The van der Waals surface area contributed by atoms with Gasteiger partial charge in [-0.25, -0.2) is 4.98 Å². The van der Waals surface area contributed by atoms with Crippen molar-refractivity contribution in [3.8, 4) is 50.9 Å². The second-order valence-corrected chi connectivity index (χ2v) is 21.2. The summed E-state index contributed by atoms with van der Waals surface area (Å²) in [6.07, 6.45) is 8.95. The number of pyridine rings is 2. The summed E-state index contributed by atoms with van der Waals surface area (Å²) >= 11 is 0. The Labute approximate surface area is 433 Å². The van der Waals surface area contributed by atoms with E-state index in [-0.39, 0.29) is 44.2 Å². The first-order chi connectivity index (χ1) is 39.0. The predicted molar refractivity (Wildman–Crippen MR) is 292 cm³/mol. The summed E-state index contributed by atoms with van der Waals surface area (Å²) < 4.78 is 109. The Balaban J connectivity index is 1.10. The minimum Gasteiger partial charge on any atom is -0.459 e. The van der Waals surface area contributed by atoms with Crippen molar-refractivity contribution in [3.05, 3.63) is 205 Å². The number of ether oxygens (including phenoxy) is 1. The van der Waals surface area contributed by atoms with Crippen LogP contribution >= 0.6 is 0 Å². The van der Waals surface area contributed by atoms with Crippen LogP contribution in [0.15, 0.2) is 186 Å². The van der Waals surface area contributed by atoms with Crippen LogP contribution in [0.4, 0.5) is 0 Å². The van der Waals surface area contributed by atoms with E-state index >= 15 is 0 Å². The Morgan fingerprint density at radius 2 is 1.35 bits per heavy atom. The highest BCUT2D eigenvalue weighted by atomic mass is 16.5.